The number of rotatable bonds is 6. The van der Waals surface area contributed by atoms with E-state index < -0.39 is 10.0 Å². The van der Waals surface area contributed by atoms with Crippen LogP contribution in [0.5, 0.6) is 0 Å². The van der Waals surface area contributed by atoms with E-state index in [4.69, 9.17) is 0 Å². The van der Waals surface area contributed by atoms with Gasteiger partial charge >= 0.3 is 0 Å². The van der Waals surface area contributed by atoms with Crippen molar-refractivity contribution in [3.05, 3.63) is 53.6 Å². The number of anilines is 1. The van der Waals surface area contributed by atoms with Crippen LogP contribution in [0.2, 0.25) is 0 Å². The average molecular weight is 507 g/mol. The van der Waals surface area contributed by atoms with Gasteiger partial charge in [0.05, 0.1) is 4.88 Å². The third-order valence-corrected chi connectivity index (χ3v) is 9.66. The molecule has 4 heterocycles. The van der Waals surface area contributed by atoms with Crippen molar-refractivity contribution in [3.8, 4) is 10.7 Å². The van der Waals surface area contributed by atoms with Gasteiger partial charge in [0.1, 0.15) is 15.9 Å². The summed E-state index contributed by atoms with van der Waals surface area (Å²) >= 11 is 2.41. The summed E-state index contributed by atoms with van der Waals surface area (Å²) in [6.07, 6.45) is 0.516. The minimum Gasteiger partial charge on any atom is -0.344 e. The van der Waals surface area contributed by atoms with Crippen molar-refractivity contribution >= 4 is 38.0 Å². The summed E-state index contributed by atoms with van der Waals surface area (Å²) in [4.78, 5) is 7.31. The Morgan fingerprint density at radius 2 is 2.00 bits per heavy atom. The number of benzene rings is 1. The number of H-pyrrole nitrogens is 1. The molecule has 4 aromatic rings. The molecule has 0 saturated carbocycles. The molecule has 1 fully saturated rings. The highest BCUT2D eigenvalue weighted by atomic mass is 32.2. The number of halogens is 1. The minimum atomic E-state index is -3.65. The van der Waals surface area contributed by atoms with E-state index in [1.807, 2.05) is 6.92 Å². The molecule has 14 heteroatoms. The summed E-state index contributed by atoms with van der Waals surface area (Å²) in [7, 11) is -3.65. The Hall–Kier alpha value is -2.81. The number of nitrogens with zero attached hydrogens (tertiary/aromatic N) is 7. The summed E-state index contributed by atoms with van der Waals surface area (Å²) in [6.45, 7) is 3.25. The lowest BCUT2D eigenvalue weighted by molar-refractivity contribution is 0.307. The molecule has 1 saturated heterocycles. The molecule has 1 aliphatic rings. The largest absolute Gasteiger partial charge is 0.344 e. The van der Waals surface area contributed by atoms with Crippen LogP contribution in [-0.2, 0) is 16.4 Å². The molecule has 33 heavy (non-hydrogen) atoms. The molecule has 1 atom stereocenters. The number of aromatic nitrogens is 6. The summed E-state index contributed by atoms with van der Waals surface area (Å²) in [5.74, 6) is 0.755. The SMILES string of the molecule is CC1CN(c2nc(Cc3ccc(F)cc3)ns2)CCN1S(=O)(=O)c1ccc(-c2nn[nH]n2)s1. The Kier molecular flexibility index (Phi) is 5.90. The summed E-state index contributed by atoms with van der Waals surface area (Å²) < 4.78 is 45.8. The Bertz CT molecular complexity index is 1340. The van der Waals surface area contributed by atoms with E-state index in [0.29, 0.717) is 42.6 Å². The van der Waals surface area contributed by atoms with Crippen LogP contribution < -0.4 is 4.90 Å². The molecule has 1 unspecified atom stereocenters. The molecule has 0 radical (unpaired) electrons. The summed E-state index contributed by atoms with van der Waals surface area (Å²) in [5.41, 5.74) is 0.932. The third kappa shape index (κ3) is 4.51. The van der Waals surface area contributed by atoms with Crippen LogP contribution >= 0.6 is 22.9 Å². The third-order valence-electron chi connectivity index (χ3n) is 5.28. The molecule has 5 rings (SSSR count). The second-order valence-corrected chi connectivity index (χ2v) is 11.5. The molecule has 1 aliphatic heterocycles. The van der Waals surface area contributed by atoms with Gasteiger partial charge in [-0.1, -0.05) is 12.1 Å². The first-order valence-corrected chi connectivity index (χ1v) is 13.1. The lowest BCUT2D eigenvalue weighted by atomic mass is 10.1. The molecule has 0 bridgehead atoms. The van der Waals surface area contributed by atoms with Crippen LogP contribution in [0.25, 0.3) is 10.7 Å². The van der Waals surface area contributed by atoms with Gasteiger partial charge in [0.15, 0.2) is 0 Å². The first-order valence-electron chi connectivity index (χ1n) is 10.1. The second-order valence-electron chi connectivity index (χ2n) is 7.56. The fourth-order valence-corrected chi connectivity index (χ4v) is 7.36. The monoisotopic (exact) mass is 506 g/mol. The van der Waals surface area contributed by atoms with Gasteiger partial charge in [-0.3, -0.25) is 0 Å². The quantitative estimate of drug-likeness (QED) is 0.423. The standard InChI is InChI=1S/C19H19FN8O2S3/c1-12-11-27(19-21-16(24-32-19)10-13-2-4-14(20)5-3-13)8-9-28(12)33(29,30)17-7-6-15(31-17)18-22-25-26-23-18/h2-7,12H,8-11H2,1H3,(H,22,23,25,26). The van der Waals surface area contributed by atoms with Crippen LogP contribution in [-0.4, -0.2) is 68.4 Å². The zero-order valence-corrected chi connectivity index (χ0v) is 19.9. The normalized spacial score (nSPS) is 17.5. The first kappa shape index (κ1) is 22.0. The Morgan fingerprint density at radius 1 is 1.18 bits per heavy atom. The zero-order chi connectivity index (χ0) is 23.0. The van der Waals surface area contributed by atoms with Crippen LogP contribution in [0.3, 0.4) is 0 Å². The van der Waals surface area contributed by atoms with Crippen molar-refractivity contribution in [1.82, 2.24) is 34.3 Å². The highest BCUT2D eigenvalue weighted by molar-refractivity contribution is 7.91. The smallest absolute Gasteiger partial charge is 0.252 e. The highest BCUT2D eigenvalue weighted by Crippen LogP contribution is 2.32. The lowest BCUT2D eigenvalue weighted by Crippen LogP contribution is -2.53. The highest BCUT2D eigenvalue weighted by Gasteiger charge is 2.35. The van der Waals surface area contributed by atoms with Crippen molar-refractivity contribution in [3.63, 3.8) is 0 Å². The van der Waals surface area contributed by atoms with Crippen molar-refractivity contribution in [2.24, 2.45) is 0 Å². The number of hydrogen-bond acceptors (Lipinski definition) is 10. The molecule has 0 aliphatic carbocycles. The maximum absolute atomic E-state index is 13.3. The maximum atomic E-state index is 13.3. The Morgan fingerprint density at radius 3 is 2.73 bits per heavy atom. The molecule has 1 aromatic carbocycles. The molecule has 0 spiro atoms. The Labute approximate surface area is 197 Å². The fraction of sp³-hybridized carbons (Fsp3) is 0.316. The van der Waals surface area contributed by atoms with Crippen LogP contribution in [0.4, 0.5) is 9.52 Å². The molecular formula is C19H19FN8O2S3. The predicted octanol–water partition coefficient (Wildman–Crippen LogP) is 2.41. The molecule has 1 N–H and O–H groups in total. The van der Waals surface area contributed by atoms with E-state index in [1.54, 1.807) is 24.3 Å². The van der Waals surface area contributed by atoms with Gasteiger partial charge < -0.3 is 4.90 Å². The number of sulfonamides is 1. The molecule has 172 valence electrons. The van der Waals surface area contributed by atoms with Crippen LogP contribution in [0, 0.1) is 5.82 Å². The van der Waals surface area contributed by atoms with Crippen LogP contribution in [0.15, 0.2) is 40.6 Å². The number of nitrogens with one attached hydrogen (secondary N) is 1. The molecule has 10 nitrogen and oxygen atoms in total. The number of aromatic amines is 1. The fourth-order valence-electron chi connectivity index (χ4n) is 3.66. The van der Waals surface area contributed by atoms with Gasteiger partial charge in [0.2, 0.25) is 11.0 Å². The average Bonchev–Trinajstić information content (AvgIpc) is 3.56. The van der Waals surface area contributed by atoms with E-state index in [1.165, 1.54) is 28.0 Å². The number of piperazine rings is 1. The lowest BCUT2D eigenvalue weighted by Gasteiger charge is -2.38. The van der Waals surface area contributed by atoms with Crippen molar-refractivity contribution in [1.29, 1.82) is 0 Å². The maximum Gasteiger partial charge on any atom is 0.252 e. The van der Waals surface area contributed by atoms with Crippen molar-refractivity contribution < 1.29 is 12.8 Å². The molecule has 0 amide bonds. The first-order chi connectivity index (χ1) is 15.9. The van der Waals surface area contributed by atoms with E-state index in [-0.39, 0.29) is 16.1 Å². The van der Waals surface area contributed by atoms with E-state index >= 15 is 0 Å². The Balaban J connectivity index is 1.26. The van der Waals surface area contributed by atoms with Crippen molar-refractivity contribution in [2.75, 3.05) is 24.5 Å². The molecular weight excluding hydrogens is 487 g/mol. The summed E-state index contributed by atoms with van der Waals surface area (Å²) in [5, 5.41) is 14.5. The second kappa shape index (κ2) is 8.85. The topological polar surface area (TPSA) is 121 Å². The zero-order valence-electron chi connectivity index (χ0n) is 17.4. The van der Waals surface area contributed by atoms with Gasteiger partial charge in [-0.15, -0.1) is 21.5 Å². The number of tetrazole rings is 1. The van der Waals surface area contributed by atoms with Gasteiger partial charge in [-0.25, -0.2) is 17.8 Å². The van der Waals surface area contributed by atoms with Gasteiger partial charge in [-0.05, 0) is 42.0 Å². The van der Waals surface area contributed by atoms with Crippen molar-refractivity contribution in [2.45, 2.75) is 23.6 Å². The summed E-state index contributed by atoms with van der Waals surface area (Å²) in [6, 6.07) is 9.30. The van der Waals surface area contributed by atoms with Crippen LogP contribution in [0.1, 0.15) is 18.3 Å². The predicted molar refractivity (Wildman–Crippen MR) is 122 cm³/mol. The van der Waals surface area contributed by atoms with Gasteiger partial charge in [-0.2, -0.15) is 13.9 Å². The van der Waals surface area contributed by atoms with E-state index in [9.17, 15) is 12.8 Å². The molecule has 3 aromatic heterocycles. The van der Waals surface area contributed by atoms with E-state index in [2.05, 4.69) is 34.9 Å². The van der Waals surface area contributed by atoms with E-state index in [0.717, 1.165) is 22.0 Å². The van der Waals surface area contributed by atoms with Gasteiger partial charge in [0, 0.05) is 43.6 Å². The minimum absolute atomic E-state index is 0.246. The van der Waals surface area contributed by atoms with Gasteiger partial charge in [0.25, 0.3) is 10.0 Å². The number of thiophene rings is 1. The number of hydrogen-bond donors (Lipinski definition) is 1.